The Morgan fingerprint density at radius 1 is 1.20 bits per heavy atom. The van der Waals surface area contributed by atoms with Crippen molar-refractivity contribution in [2.24, 2.45) is 5.73 Å². The van der Waals surface area contributed by atoms with Crippen molar-refractivity contribution in [2.75, 3.05) is 13.2 Å². The monoisotopic (exact) mass is 278 g/mol. The third-order valence-electron chi connectivity index (χ3n) is 2.78. The summed E-state index contributed by atoms with van der Waals surface area (Å²) in [5, 5.41) is 8.86. The molecule has 0 fully saturated rings. The van der Waals surface area contributed by atoms with Crippen molar-refractivity contribution < 1.29 is 29.0 Å². The van der Waals surface area contributed by atoms with Crippen molar-refractivity contribution in [1.82, 2.24) is 4.90 Å². The summed E-state index contributed by atoms with van der Waals surface area (Å²) in [6.45, 7) is -0.357. The molecule has 0 spiro atoms. The van der Waals surface area contributed by atoms with Crippen LogP contribution in [-0.2, 0) is 4.74 Å². The van der Waals surface area contributed by atoms with Crippen LogP contribution in [0.4, 0.5) is 4.79 Å². The number of imide groups is 1. The maximum Gasteiger partial charge on any atom is 0.404 e. The van der Waals surface area contributed by atoms with E-state index >= 15 is 0 Å². The van der Waals surface area contributed by atoms with E-state index in [0.29, 0.717) is 0 Å². The highest BCUT2D eigenvalue weighted by Gasteiger charge is 2.35. The third kappa shape index (κ3) is 2.30. The molecule has 0 unspecified atom stereocenters. The summed E-state index contributed by atoms with van der Waals surface area (Å²) in [6, 6.07) is 3.68. The fourth-order valence-corrected chi connectivity index (χ4v) is 1.86. The van der Waals surface area contributed by atoms with Gasteiger partial charge in [0.1, 0.15) is 6.61 Å². The van der Waals surface area contributed by atoms with E-state index in [0.717, 1.165) is 11.0 Å². The molecule has 1 aliphatic heterocycles. The van der Waals surface area contributed by atoms with Crippen LogP contribution in [0.15, 0.2) is 18.2 Å². The lowest BCUT2D eigenvalue weighted by Gasteiger charge is -2.12. The second kappa shape index (κ2) is 5.00. The van der Waals surface area contributed by atoms with E-state index in [4.69, 9.17) is 10.8 Å². The van der Waals surface area contributed by atoms with Gasteiger partial charge in [0.25, 0.3) is 11.8 Å². The van der Waals surface area contributed by atoms with E-state index in [1.807, 2.05) is 0 Å². The minimum Gasteiger partial charge on any atom is -0.478 e. The van der Waals surface area contributed by atoms with Crippen molar-refractivity contribution in [1.29, 1.82) is 0 Å². The quantitative estimate of drug-likeness (QED) is 0.750. The number of fused-ring (bicyclic) bond motifs is 1. The van der Waals surface area contributed by atoms with Gasteiger partial charge in [0.15, 0.2) is 0 Å². The smallest absolute Gasteiger partial charge is 0.404 e. The third-order valence-corrected chi connectivity index (χ3v) is 2.78. The SMILES string of the molecule is NC(=O)OCCN1C(=O)c2ccc(C(=O)O)cc2C1=O. The Morgan fingerprint density at radius 3 is 2.45 bits per heavy atom. The van der Waals surface area contributed by atoms with Crippen molar-refractivity contribution in [2.45, 2.75) is 0 Å². The highest BCUT2D eigenvalue weighted by molar-refractivity contribution is 6.21. The molecule has 0 saturated carbocycles. The zero-order chi connectivity index (χ0) is 14.9. The lowest BCUT2D eigenvalue weighted by atomic mass is 10.1. The molecular weight excluding hydrogens is 268 g/mol. The number of primary amides is 1. The zero-order valence-electron chi connectivity index (χ0n) is 10.2. The lowest BCUT2D eigenvalue weighted by Crippen LogP contribution is -2.34. The molecule has 8 heteroatoms. The van der Waals surface area contributed by atoms with Crippen LogP contribution >= 0.6 is 0 Å². The highest BCUT2D eigenvalue weighted by Crippen LogP contribution is 2.23. The number of carbonyl (C=O) groups excluding carboxylic acids is 3. The second-order valence-electron chi connectivity index (χ2n) is 3.99. The van der Waals surface area contributed by atoms with Crippen LogP contribution in [0.5, 0.6) is 0 Å². The Labute approximate surface area is 112 Å². The maximum atomic E-state index is 12.0. The molecule has 0 aromatic heterocycles. The predicted molar refractivity (Wildman–Crippen MR) is 64.3 cm³/mol. The topological polar surface area (TPSA) is 127 Å². The average molecular weight is 278 g/mol. The molecule has 0 radical (unpaired) electrons. The average Bonchev–Trinajstić information content (AvgIpc) is 2.63. The number of carboxylic acids is 1. The van der Waals surface area contributed by atoms with Gasteiger partial charge in [-0.05, 0) is 18.2 Å². The Hall–Kier alpha value is -2.90. The van der Waals surface area contributed by atoms with Gasteiger partial charge in [-0.1, -0.05) is 0 Å². The molecule has 1 heterocycles. The number of benzene rings is 1. The van der Waals surface area contributed by atoms with E-state index in [-0.39, 0.29) is 29.8 Å². The summed E-state index contributed by atoms with van der Waals surface area (Å²) in [5.74, 6) is -2.38. The summed E-state index contributed by atoms with van der Waals surface area (Å²) in [4.78, 5) is 46.1. The molecule has 0 aliphatic carbocycles. The van der Waals surface area contributed by atoms with Crippen LogP contribution in [0.3, 0.4) is 0 Å². The van der Waals surface area contributed by atoms with E-state index < -0.39 is 23.9 Å². The first-order valence-electron chi connectivity index (χ1n) is 5.57. The Balaban J connectivity index is 2.21. The van der Waals surface area contributed by atoms with Gasteiger partial charge in [0, 0.05) is 0 Å². The van der Waals surface area contributed by atoms with Gasteiger partial charge in [-0.15, -0.1) is 0 Å². The first-order valence-corrected chi connectivity index (χ1v) is 5.57. The van der Waals surface area contributed by atoms with Gasteiger partial charge >= 0.3 is 12.1 Å². The van der Waals surface area contributed by atoms with Gasteiger partial charge in [-0.25, -0.2) is 9.59 Å². The van der Waals surface area contributed by atoms with Gasteiger partial charge < -0.3 is 15.6 Å². The number of ether oxygens (including phenoxy) is 1. The molecule has 104 valence electrons. The molecule has 3 amide bonds. The second-order valence-corrected chi connectivity index (χ2v) is 3.99. The molecule has 1 aliphatic rings. The molecule has 8 nitrogen and oxygen atoms in total. The fourth-order valence-electron chi connectivity index (χ4n) is 1.86. The molecule has 3 N–H and O–H groups in total. The molecule has 0 saturated heterocycles. The van der Waals surface area contributed by atoms with E-state index in [2.05, 4.69) is 4.74 Å². The molecule has 20 heavy (non-hydrogen) atoms. The number of nitrogens with two attached hydrogens (primary N) is 1. The predicted octanol–water partition coefficient (Wildman–Crippen LogP) is 0.0761. The van der Waals surface area contributed by atoms with Crippen LogP contribution in [-0.4, -0.2) is 47.0 Å². The van der Waals surface area contributed by atoms with E-state index in [1.54, 1.807) is 0 Å². The highest BCUT2D eigenvalue weighted by atomic mass is 16.5. The van der Waals surface area contributed by atoms with Crippen molar-refractivity contribution >= 4 is 23.9 Å². The Morgan fingerprint density at radius 2 is 1.85 bits per heavy atom. The summed E-state index contributed by atoms with van der Waals surface area (Å²) in [5.41, 5.74) is 4.83. The minimum absolute atomic E-state index is 0.0222. The van der Waals surface area contributed by atoms with E-state index in [1.165, 1.54) is 12.1 Å². The van der Waals surface area contributed by atoms with Crippen LogP contribution < -0.4 is 5.73 Å². The number of amides is 3. The zero-order valence-corrected chi connectivity index (χ0v) is 10.2. The largest absolute Gasteiger partial charge is 0.478 e. The number of hydrogen-bond donors (Lipinski definition) is 2. The summed E-state index contributed by atoms with van der Waals surface area (Å²) >= 11 is 0. The number of carbonyl (C=O) groups is 4. The number of rotatable bonds is 4. The van der Waals surface area contributed by atoms with Gasteiger partial charge in [0.05, 0.1) is 23.2 Å². The Kier molecular flexibility index (Phi) is 3.38. The molecule has 1 aromatic rings. The number of hydrogen-bond acceptors (Lipinski definition) is 5. The van der Waals surface area contributed by atoms with Gasteiger partial charge in [0.2, 0.25) is 0 Å². The number of carboxylic acid groups (broad SMARTS) is 1. The van der Waals surface area contributed by atoms with E-state index in [9.17, 15) is 19.2 Å². The fraction of sp³-hybridized carbons (Fsp3) is 0.167. The first-order chi connectivity index (χ1) is 9.41. The van der Waals surface area contributed by atoms with Crippen molar-refractivity contribution in [3.63, 3.8) is 0 Å². The van der Waals surface area contributed by atoms with Crippen molar-refractivity contribution in [3.05, 3.63) is 34.9 Å². The standard InChI is InChI=1S/C12H10N2O6/c13-12(19)20-4-3-14-9(15)7-2-1-6(11(17)18)5-8(7)10(14)16/h1-2,5H,3-4H2,(H2,13,19)(H,17,18). The molecular formula is C12H10N2O6. The maximum absolute atomic E-state index is 12.0. The molecule has 2 rings (SSSR count). The first kappa shape index (κ1) is 13.5. The Bertz CT molecular complexity index is 624. The summed E-state index contributed by atoms with van der Waals surface area (Å²) in [6.07, 6.45) is -1.00. The normalized spacial score (nSPS) is 13.3. The molecule has 0 atom stereocenters. The molecule has 0 bridgehead atoms. The minimum atomic E-state index is -1.19. The van der Waals surface area contributed by atoms with Crippen LogP contribution in [0, 0.1) is 0 Å². The molecule has 1 aromatic carbocycles. The van der Waals surface area contributed by atoms with Crippen LogP contribution in [0.25, 0.3) is 0 Å². The number of aromatic carboxylic acids is 1. The summed E-state index contributed by atoms with van der Waals surface area (Å²) in [7, 11) is 0. The summed E-state index contributed by atoms with van der Waals surface area (Å²) < 4.78 is 4.46. The van der Waals surface area contributed by atoms with Crippen molar-refractivity contribution in [3.8, 4) is 0 Å². The van der Waals surface area contributed by atoms with Crippen LogP contribution in [0.1, 0.15) is 31.1 Å². The lowest BCUT2D eigenvalue weighted by molar-refractivity contribution is 0.0608. The van der Waals surface area contributed by atoms with Gasteiger partial charge in [-0.3, -0.25) is 14.5 Å². The van der Waals surface area contributed by atoms with Crippen LogP contribution in [0.2, 0.25) is 0 Å². The van der Waals surface area contributed by atoms with Gasteiger partial charge in [-0.2, -0.15) is 0 Å². The number of nitrogens with zero attached hydrogens (tertiary/aromatic N) is 1.